The molecule has 0 aliphatic carbocycles. The summed E-state index contributed by atoms with van der Waals surface area (Å²) < 4.78 is 0.851. The van der Waals surface area contributed by atoms with E-state index >= 15 is 0 Å². The van der Waals surface area contributed by atoms with Crippen molar-refractivity contribution < 1.29 is 4.79 Å². The number of rotatable bonds is 2. The summed E-state index contributed by atoms with van der Waals surface area (Å²) in [6.07, 6.45) is 2.22. The summed E-state index contributed by atoms with van der Waals surface area (Å²) in [5, 5.41) is 0. The van der Waals surface area contributed by atoms with Crippen molar-refractivity contribution in [2.24, 2.45) is 11.7 Å². The Hall–Kier alpha value is -0.870. The molecule has 2 atom stereocenters. The van der Waals surface area contributed by atoms with E-state index in [0.29, 0.717) is 12.5 Å². The molecule has 1 aromatic carbocycles. The minimum absolute atomic E-state index is 0.0875. The molecule has 0 spiro atoms. The molecule has 18 heavy (non-hydrogen) atoms. The van der Waals surface area contributed by atoms with E-state index in [1.807, 2.05) is 29.2 Å². The van der Waals surface area contributed by atoms with Crippen molar-refractivity contribution >= 4 is 21.8 Å². The van der Waals surface area contributed by atoms with Gasteiger partial charge in [-0.25, -0.2) is 0 Å². The van der Waals surface area contributed by atoms with Gasteiger partial charge in [0.1, 0.15) is 0 Å². The largest absolute Gasteiger partial charge is 0.334 e. The number of halogens is 1. The van der Waals surface area contributed by atoms with Crippen LogP contribution >= 0.6 is 15.9 Å². The number of hydrogen-bond donors (Lipinski definition) is 1. The van der Waals surface area contributed by atoms with Crippen LogP contribution in [-0.2, 0) is 0 Å². The molecule has 0 radical (unpaired) electrons. The van der Waals surface area contributed by atoms with Crippen LogP contribution in [0.5, 0.6) is 0 Å². The van der Waals surface area contributed by atoms with Gasteiger partial charge in [-0.05, 0) is 46.8 Å². The first kappa shape index (κ1) is 13.6. The SMILES string of the molecule is C[C@H]1CCCN(C(=O)c2ccccc2Br)[C@@H]1CN. The standard InChI is InChI=1S/C14H19BrN2O/c1-10-5-4-8-17(13(10)9-16)14(18)11-6-2-3-7-12(11)15/h2-3,6-7,10,13H,4-5,8-9,16H2,1H3/t10-,13+/m0/s1. The number of hydrogen-bond acceptors (Lipinski definition) is 2. The number of likely N-dealkylation sites (tertiary alicyclic amines) is 1. The highest BCUT2D eigenvalue weighted by Crippen LogP contribution is 2.26. The molecule has 1 amide bonds. The van der Waals surface area contributed by atoms with Gasteiger partial charge < -0.3 is 10.6 Å². The summed E-state index contributed by atoms with van der Waals surface area (Å²) in [5.74, 6) is 0.569. The van der Waals surface area contributed by atoms with Gasteiger partial charge in [0, 0.05) is 23.6 Å². The summed E-state index contributed by atoms with van der Waals surface area (Å²) in [4.78, 5) is 14.5. The second-order valence-electron chi connectivity index (χ2n) is 4.90. The van der Waals surface area contributed by atoms with Crippen molar-refractivity contribution in [2.75, 3.05) is 13.1 Å². The summed E-state index contributed by atoms with van der Waals surface area (Å²) in [6, 6.07) is 7.73. The molecule has 1 heterocycles. The predicted molar refractivity (Wildman–Crippen MR) is 76.4 cm³/mol. The van der Waals surface area contributed by atoms with E-state index in [4.69, 9.17) is 5.73 Å². The lowest BCUT2D eigenvalue weighted by atomic mass is 9.90. The molecule has 1 fully saturated rings. The molecule has 0 bridgehead atoms. The lowest BCUT2D eigenvalue weighted by molar-refractivity contribution is 0.0531. The Bertz CT molecular complexity index is 436. The Labute approximate surface area is 116 Å². The minimum Gasteiger partial charge on any atom is -0.334 e. The van der Waals surface area contributed by atoms with E-state index < -0.39 is 0 Å². The van der Waals surface area contributed by atoms with Crippen LogP contribution in [0.3, 0.4) is 0 Å². The van der Waals surface area contributed by atoms with Gasteiger partial charge in [0.2, 0.25) is 0 Å². The molecule has 0 unspecified atom stereocenters. The maximum atomic E-state index is 12.6. The molecule has 2 rings (SSSR count). The smallest absolute Gasteiger partial charge is 0.255 e. The number of piperidine rings is 1. The fourth-order valence-electron chi connectivity index (χ4n) is 2.65. The summed E-state index contributed by atoms with van der Waals surface area (Å²) >= 11 is 3.44. The van der Waals surface area contributed by atoms with E-state index in [-0.39, 0.29) is 11.9 Å². The van der Waals surface area contributed by atoms with Gasteiger partial charge >= 0.3 is 0 Å². The monoisotopic (exact) mass is 310 g/mol. The van der Waals surface area contributed by atoms with E-state index in [1.54, 1.807) is 0 Å². The number of carbonyl (C=O) groups excluding carboxylic acids is 1. The molecule has 1 saturated heterocycles. The van der Waals surface area contributed by atoms with Crippen molar-refractivity contribution in [3.05, 3.63) is 34.3 Å². The Kier molecular flexibility index (Phi) is 4.40. The summed E-state index contributed by atoms with van der Waals surface area (Å²) in [7, 11) is 0. The fourth-order valence-corrected chi connectivity index (χ4v) is 3.10. The number of nitrogens with two attached hydrogens (primary N) is 1. The van der Waals surface area contributed by atoms with Gasteiger partial charge in [0.15, 0.2) is 0 Å². The van der Waals surface area contributed by atoms with E-state index in [0.717, 1.165) is 29.4 Å². The van der Waals surface area contributed by atoms with Crippen LogP contribution in [0.15, 0.2) is 28.7 Å². The average Bonchev–Trinajstić information content (AvgIpc) is 2.38. The molecule has 3 nitrogen and oxygen atoms in total. The predicted octanol–water partition coefficient (Wildman–Crippen LogP) is 2.65. The lowest BCUT2D eigenvalue weighted by Crippen LogP contribution is -2.51. The third-order valence-electron chi connectivity index (χ3n) is 3.72. The molecular weight excluding hydrogens is 292 g/mol. The first-order valence-corrected chi connectivity index (χ1v) is 7.20. The quantitative estimate of drug-likeness (QED) is 0.913. The topological polar surface area (TPSA) is 46.3 Å². The van der Waals surface area contributed by atoms with Crippen LogP contribution in [0.2, 0.25) is 0 Å². The van der Waals surface area contributed by atoms with Gasteiger partial charge in [-0.1, -0.05) is 19.1 Å². The van der Waals surface area contributed by atoms with Crippen LogP contribution in [0.4, 0.5) is 0 Å². The molecule has 4 heteroatoms. The fraction of sp³-hybridized carbons (Fsp3) is 0.500. The molecule has 98 valence electrons. The third kappa shape index (κ3) is 2.59. The second-order valence-corrected chi connectivity index (χ2v) is 5.76. The zero-order chi connectivity index (χ0) is 13.1. The zero-order valence-corrected chi connectivity index (χ0v) is 12.2. The highest BCUT2D eigenvalue weighted by atomic mass is 79.9. The van der Waals surface area contributed by atoms with E-state index in [9.17, 15) is 4.79 Å². The first-order chi connectivity index (χ1) is 8.65. The molecule has 1 aliphatic heterocycles. The van der Waals surface area contributed by atoms with Crippen molar-refractivity contribution in [3.63, 3.8) is 0 Å². The Morgan fingerprint density at radius 2 is 2.22 bits per heavy atom. The molecule has 0 aromatic heterocycles. The molecular formula is C14H19BrN2O. The van der Waals surface area contributed by atoms with Crippen LogP contribution in [0.1, 0.15) is 30.1 Å². The third-order valence-corrected chi connectivity index (χ3v) is 4.41. The van der Waals surface area contributed by atoms with Gasteiger partial charge in [-0.3, -0.25) is 4.79 Å². The van der Waals surface area contributed by atoms with Crippen LogP contribution in [0, 0.1) is 5.92 Å². The average molecular weight is 311 g/mol. The molecule has 0 saturated carbocycles. The molecule has 2 N–H and O–H groups in total. The Morgan fingerprint density at radius 3 is 2.89 bits per heavy atom. The van der Waals surface area contributed by atoms with Crippen LogP contribution < -0.4 is 5.73 Å². The number of nitrogens with zero attached hydrogens (tertiary/aromatic N) is 1. The highest BCUT2D eigenvalue weighted by Gasteiger charge is 2.31. The van der Waals surface area contributed by atoms with Crippen molar-refractivity contribution in [1.29, 1.82) is 0 Å². The number of carbonyl (C=O) groups is 1. The number of benzene rings is 1. The second kappa shape index (κ2) is 5.85. The van der Waals surface area contributed by atoms with Crippen LogP contribution in [0.25, 0.3) is 0 Å². The summed E-state index contributed by atoms with van der Waals surface area (Å²) in [5.41, 5.74) is 6.56. The number of amides is 1. The first-order valence-electron chi connectivity index (χ1n) is 6.40. The van der Waals surface area contributed by atoms with Crippen molar-refractivity contribution in [3.8, 4) is 0 Å². The van der Waals surface area contributed by atoms with Gasteiger partial charge in [0.25, 0.3) is 5.91 Å². The Morgan fingerprint density at radius 1 is 1.50 bits per heavy atom. The minimum atomic E-state index is 0.0875. The maximum absolute atomic E-state index is 12.6. The molecule has 1 aliphatic rings. The van der Waals surface area contributed by atoms with Crippen molar-refractivity contribution in [1.82, 2.24) is 4.90 Å². The normalized spacial score (nSPS) is 24.1. The zero-order valence-electron chi connectivity index (χ0n) is 10.6. The van der Waals surface area contributed by atoms with Gasteiger partial charge in [-0.2, -0.15) is 0 Å². The van der Waals surface area contributed by atoms with Gasteiger partial charge in [0.05, 0.1) is 5.56 Å². The van der Waals surface area contributed by atoms with Gasteiger partial charge in [-0.15, -0.1) is 0 Å². The van der Waals surface area contributed by atoms with Crippen molar-refractivity contribution in [2.45, 2.75) is 25.8 Å². The molecule has 1 aromatic rings. The Balaban J connectivity index is 2.25. The maximum Gasteiger partial charge on any atom is 0.255 e. The van der Waals surface area contributed by atoms with E-state index in [1.165, 1.54) is 0 Å². The lowest BCUT2D eigenvalue weighted by Gasteiger charge is -2.39. The van der Waals surface area contributed by atoms with E-state index in [2.05, 4.69) is 22.9 Å². The highest BCUT2D eigenvalue weighted by molar-refractivity contribution is 9.10. The summed E-state index contributed by atoms with van der Waals surface area (Å²) in [6.45, 7) is 3.53. The van der Waals surface area contributed by atoms with Crippen LogP contribution in [-0.4, -0.2) is 29.9 Å².